The van der Waals surface area contributed by atoms with Crippen LogP contribution in [0.5, 0.6) is 5.75 Å². The van der Waals surface area contributed by atoms with Gasteiger partial charge in [0.05, 0.1) is 0 Å². The Bertz CT molecular complexity index is 1010. The van der Waals surface area contributed by atoms with Crippen LogP contribution in [0.1, 0.15) is 40.1 Å². The molecule has 9 heteroatoms. The Balaban J connectivity index is 1.39. The van der Waals surface area contributed by atoms with E-state index in [1.165, 1.54) is 11.3 Å². The predicted octanol–water partition coefficient (Wildman–Crippen LogP) is 3.17. The number of anilines is 1. The van der Waals surface area contributed by atoms with Crippen molar-refractivity contribution in [1.29, 1.82) is 0 Å². The van der Waals surface area contributed by atoms with Crippen LogP contribution in [0.4, 0.5) is 5.13 Å². The maximum Gasteiger partial charge on any atom is 0.293 e. The minimum absolute atomic E-state index is 0.0389. The summed E-state index contributed by atoms with van der Waals surface area (Å²) in [4.78, 5) is 24.5. The van der Waals surface area contributed by atoms with E-state index in [9.17, 15) is 9.59 Å². The third-order valence-corrected chi connectivity index (χ3v) is 5.06. The zero-order valence-corrected chi connectivity index (χ0v) is 15.6. The predicted molar refractivity (Wildman–Crippen MR) is 102 cm³/mol. The largest absolute Gasteiger partial charge is 0.482 e. The lowest BCUT2D eigenvalue weighted by Crippen LogP contribution is -2.15. The molecule has 1 saturated heterocycles. The van der Waals surface area contributed by atoms with E-state index in [-0.39, 0.29) is 24.2 Å². The second-order valence-electron chi connectivity index (χ2n) is 6.15. The first-order valence-corrected chi connectivity index (χ1v) is 9.56. The van der Waals surface area contributed by atoms with Gasteiger partial charge in [0.25, 0.3) is 5.91 Å². The zero-order valence-electron chi connectivity index (χ0n) is 14.8. The SMILES string of the molecule is O=C(Nc1nnc(C2CCCO2)s1)c1cc(=O)c(OCc2ccccc2)co1. The molecule has 1 aromatic carbocycles. The van der Waals surface area contributed by atoms with Crippen molar-refractivity contribution < 1.29 is 18.7 Å². The molecule has 0 spiro atoms. The minimum Gasteiger partial charge on any atom is -0.482 e. The molecule has 1 fully saturated rings. The molecule has 0 bridgehead atoms. The van der Waals surface area contributed by atoms with Crippen LogP contribution in [0, 0.1) is 0 Å². The molecule has 28 heavy (non-hydrogen) atoms. The summed E-state index contributed by atoms with van der Waals surface area (Å²) in [6, 6.07) is 10.5. The Hall–Kier alpha value is -3.04. The number of nitrogens with zero attached hydrogens (tertiary/aromatic N) is 2. The topological polar surface area (TPSA) is 104 Å². The van der Waals surface area contributed by atoms with Crippen LogP contribution in [0.3, 0.4) is 0 Å². The summed E-state index contributed by atoms with van der Waals surface area (Å²) in [7, 11) is 0. The Morgan fingerprint density at radius 2 is 2.14 bits per heavy atom. The number of ether oxygens (including phenoxy) is 2. The van der Waals surface area contributed by atoms with Gasteiger partial charge in [-0.2, -0.15) is 0 Å². The van der Waals surface area contributed by atoms with E-state index >= 15 is 0 Å². The van der Waals surface area contributed by atoms with Gasteiger partial charge in [-0.3, -0.25) is 14.9 Å². The molecule has 0 saturated carbocycles. The summed E-state index contributed by atoms with van der Waals surface area (Å²) < 4.78 is 16.3. The number of carbonyl (C=O) groups excluding carboxylic acids is 1. The Kier molecular flexibility index (Phi) is 5.45. The van der Waals surface area contributed by atoms with Gasteiger partial charge < -0.3 is 13.9 Å². The number of hydrogen-bond donors (Lipinski definition) is 1. The maximum atomic E-state index is 12.3. The quantitative estimate of drug-likeness (QED) is 0.679. The van der Waals surface area contributed by atoms with E-state index in [2.05, 4.69) is 15.5 Å². The van der Waals surface area contributed by atoms with Crippen molar-refractivity contribution in [2.45, 2.75) is 25.6 Å². The van der Waals surface area contributed by atoms with E-state index in [1.807, 2.05) is 30.3 Å². The fourth-order valence-corrected chi connectivity index (χ4v) is 3.53. The molecular weight excluding hydrogens is 382 g/mol. The Morgan fingerprint density at radius 1 is 1.29 bits per heavy atom. The summed E-state index contributed by atoms with van der Waals surface area (Å²) >= 11 is 1.24. The number of rotatable bonds is 6. The monoisotopic (exact) mass is 399 g/mol. The first-order chi connectivity index (χ1) is 13.7. The van der Waals surface area contributed by atoms with Gasteiger partial charge in [-0.05, 0) is 18.4 Å². The second kappa shape index (κ2) is 8.32. The van der Waals surface area contributed by atoms with Gasteiger partial charge >= 0.3 is 0 Å². The Labute approximate surface area is 164 Å². The summed E-state index contributed by atoms with van der Waals surface area (Å²) in [6.45, 7) is 0.934. The van der Waals surface area contributed by atoms with Crippen molar-refractivity contribution in [2.75, 3.05) is 11.9 Å². The molecule has 0 aliphatic carbocycles. The van der Waals surface area contributed by atoms with Crippen molar-refractivity contribution in [3.8, 4) is 5.75 Å². The molecule has 0 radical (unpaired) electrons. The molecule has 8 nitrogen and oxygen atoms in total. The van der Waals surface area contributed by atoms with Crippen molar-refractivity contribution in [1.82, 2.24) is 10.2 Å². The summed E-state index contributed by atoms with van der Waals surface area (Å²) in [5, 5.41) is 11.6. The van der Waals surface area contributed by atoms with E-state index < -0.39 is 11.3 Å². The van der Waals surface area contributed by atoms with Gasteiger partial charge in [0.2, 0.25) is 16.3 Å². The third-order valence-electron chi connectivity index (χ3n) is 4.13. The molecule has 3 aromatic rings. The standard InChI is InChI=1S/C19H17N3O5S/c23-13-9-15(27-11-16(13)26-10-12-5-2-1-3-6-12)17(24)20-19-22-21-18(28-19)14-7-4-8-25-14/h1-3,5-6,9,11,14H,4,7-8,10H2,(H,20,22,24). The lowest BCUT2D eigenvalue weighted by molar-refractivity contribution is 0.0993. The van der Waals surface area contributed by atoms with Crippen LogP contribution in [-0.4, -0.2) is 22.7 Å². The van der Waals surface area contributed by atoms with Crippen molar-refractivity contribution >= 4 is 22.4 Å². The van der Waals surface area contributed by atoms with E-state index in [1.54, 1.807) is 0 Å². The fourth-order valence-electron chi connectivity index (χ4n) is 2.71. The molecule has 1 aliphatic rings. The molecule has 3 heterocycles. The van der Waals surface area contributed by atoms with Crippen molar-refractivity contribution in [2.24, 2.45) is 0 Å². The highest BCUT2D eigenvalue weighted by molar-refractivity contribution is 7.15. The third kappa shape index (κ3) is 4.26. The highest BCUT2D eigenvalue weighted by atomic mass is 32.1. The average molecular weight is 399 g/mol. The van der Waals surface area contributed by atoms with Crippen LogP contribution in [0.2, 0.25) is 0 Å². The van der Waals surface area contributed by atoms with Gasteiger partial charge in [-0.25, -0.2) is 0 Å². The fraction of sp³-hybridized carbons (Fsp3) is 0.263. The van der Waals surface area contributed by atoms with Gasteiger partial charge in [-0.15, -0.1) is 10.2 Å². The zero-order chi connectivity index (χ0) is 19.3. The molecular formula is C19H17N3O5S. The van der Waals surface area contributed by atoms with Gasteiger partial charge in [0, 0.05) is 12.7 Å². The van der Waals surface area contributed by atoms with Crippen LogP contribution >= 0.6 is 11.3 Å². The highest BCUT2D eigenvalue weighted by Gasteiger charge is 2.23. The van der Waals surface area contributed by atoms with E-state index in [0.717, 1.165) is 35.7 Å². The first-order valence-electron chi connectivity index (χ1n) is 8.75. The average Bonchev–Trinajstić information content (AvgIpc) is 3.39. The number of benzene rings is 1. The van der Waals surface area contributed by atoms with Crippen LogP contribution in [-0.2, 0) is 11.3 Å². The van der Waals surface area contributed by atoms with Crippen LogP contribution in [0.25, 0.3) is 0 Å². The van der Waals surface area contributed by atoms with Crippen molar-refractivity contribution in [3.63, 3.8) is 0 Å². The smallest absolute Gasteiger partial charge is 0.293 e. The number of amides is 1. The van der Waals surface area contributed by atoms with Crippen LogP contribution in [0.15, 0.2) is 51.9 Å². The lowest BCUT2D eigenvalue weighted by atomic mass is 10.2. The second-order valence-corrected chi connectivity index (χ2v) is 7.16. The molecule has 144 valence electrons. The minimum atomic E-state index is -0.582. The summed E-state index contributed by atoms with van der Waals surface area (Å²) in [5.74, 6) is -0.676. The molecule has 1 amide bonds. The number of carbonyl (C=O) groups is 1. The van der Waals surface area contributed by atoms with Gasteiger partial charge in [0.15, 0.2) is 5.76 Å². The molecule has 1 atom stereocenters. The first kappa shape index (κ1) is 18.3. The maximum absolute atomic E-state index is 12.3. The Morgan fingerprint density at radius 3 is 2.89 bits per heavy atom. The molecule has 2 aromatic heterocycles. The normalized spacial score (nSPS) is 16.1. The molecule has 1 N–H and O–H groups in total. The summed E-state index contributed by atoms with van der Waals surface area (Å²) in [6.07, 6.45) is 2.94. The van der Waals surface area contributed by atoms with Gasteiger partial charge in [0.1, 0.15) is 24.0 Å². The molecule has 1 aliphatic heterocycles. The number of hydrogen-bond acceptors (Lipinski definition) is 8. The van der Waals surface area contributed by atoms with Crippen LogP contribution < -0.4 is 15.5 Å². The molecule has 4 rings (SSSR count). The lowest BCUT2D eigenvalue weighted by Gasteiger charge is -2.06. The highest BCUT2D eigenvalue weighted by Crippen LogP contribution is 2.31. The number of nitrogens with one attached hydrogen (secondary N) is 1. The van der Waals surface area contributed by atoms with E-state index in [4.69, 9.17) is 13.9 Å². The summed E-state index contributed by atoms with van der Waals surface area (Å²) in [5.41, 5.74) is 0.478. The number of aromatic nitrogens is 2. The van der Waals surface area contributed by atoms with E-state index in [0.29, 0.717) is 11.7 Å². The van der Waals surface area contributed by atoms with Gasteiger partial charge in [-0.1, -0.05) is 41.7 Å². The molecule has 1 unspecified atom stereocenters. The van der Waals surface area contributed by atoms with Crippen molar-refractivity contribution in [3.05, 3.63) is 69.2 Å².